The van der Waals surface area contributed by atoms with Gasteiger partial charge in [-0.1, -0.05) is 6.07 Å². The molecule has 0 saturated heterocycles. The van der Waals surface area contributed by atoms with Gasteiger partial charge in [0.1, 0.15) is 11.3 Å². The monoisotopic (exact) mass is 195 g/mol. The maximum atomic E-state index is 10.5. The zero-order chi connectivity index (χ0) is 10.6. The smallest absolute Gasteiger partial charge is 0.339 e. The minimum atomic E-state index is -1.18. The van der Waals surface area contributed by atoms with Crippen LogP contribution in [0.1, 0.15) is 15.9 Å². The molecule has 1 aromatic rings. The van der Waals surface area contributed by atoms with Crippen LogP contribution in [0.5, 0.6) is 5.75 Å². The maximum Gasteiger partial charge on any atom is 0.339 e. The Morgan fingerprint density at radius 1 is 1.50 bits per heavy atom. The normalized spacial score (nSPS) is 9.43. The summed E-state index contributed by atoms with van der Waals surface area (Å²) < 4.78 is 0. The molecule has 3 N–H and O–H groups in total. The number of phenols is 1. The van der Waals surface area contributed by atoms with E-state index >= 15 is 0 Å². The molecule has 0 saturated carbocycles. The van der Waals surface area contributed by atoms with E-state index in [1.54, 1.807) is 0 Å². The van der Waals surface area contributed by atoms with Crippen LogP contribution in [0, 0.1) is 0 Å². The molecule has 0 aliphatic heterocycles. The minimum Gasteiger partial charge on any atom is -0.507 e. The molecule has 0 spiro atoms. The lowest BCUT2D eigenvalue weighted by molar-refractivity contribution is -0.109. The van der Waals surface area contributed by atoms with Gasteiger partial charge in [-0.05, 0) is 17.7 Å². The molecule has 0 aromatic heterocycles. The van der Waals surface area contributed by atoms with Gasteiger partial charge in [0.2, 0.25) is 6.41 Å². The van der Waals surface area contributed by atoms with Crippen LogP contribution in [0.25, 0.3) is 0 Å². The van der Waals surface area contributed by atoms with Crippen LogP contribution in [0.2, 0.25) is 0 Å². The lowest BCUT2D eigenvalue weighted by atomic mass is 10.1. The minimum absolute atomic E-state index is 0.153. The lowest BCUT2D eigenvalue weighted by Crippen LogP contribution is -2.09. The van der Waals surface area contributed by atoms with Crippen LogP contribution in [-0.2, 0) is 11.3 Å². The molecule has 0 atom stereocenters. The van der Waals surface area contributed by atoms with Crippen molar-refractivity contribution in [1.82, 2.24) is 5.32 Å². The van der Waals surface area contributed by atoms with Gasteiger partial charge in [0.25, 0.3) is 0 Å². The highest BCUT2D eigenvalue weighted by Crippen LogP contribution is 2.18. The van der Waals surface area contributed by atoms with E-state index in [4.69, 9.17) is 5.11 Å². The Morgan fingerprint density at radius 2 is 2.21 bits per heavy atom. The average Bonchev–Trinajstić information content (AvgIpc) is 2.14. The van der Waals surface area contributed by atoms with E-state index < -0.39 is 5.97 Å². The van der Waals surface area contributed by atoms with Gasteiger partial charge < -0.3 is 15.5 Å². The van der Waals surface area contributed by atoms with E-state index in [0.717, 1.165) is 0 Å². The quantitative estimate of drug-likeness (QED) is 0.604. The van der Waals surface area contributed by atoms with Gasteiger partial charge in [-0.15, -0.1) is 0 Å². The molecular weight excluding hydrogens is 186 g/mol. The molecule has 0 bridgehead atoms. The first-order valence-corrected chi connectivity index (χ1v) is 3.87. The van der Waals surface area contributed by atoms with Crippen molar-refractivity contribution in [1.29, 1.82) is 0 Å². The summed E-state index contributed by atoms with van der Waals surface area (Å²) in [6.07, 6.45) is 0.530. The molecule has 0 aliphatic carbocycles. The van der Waals surface area contributed by atoms with Crippen molar-refractivity contribution in [3.05, 3.63) is 29.3 Å². The van der Waals surface area contributed by atoms with Crippen molar-refractivity contribution in [3.8, 4) is 5.75 Å². The van der Waals surface area contributed by atoms with Crippen molar-refractivity contribution in [2.45, 2.75) is 6.54 Å². The number of carbonyl (C=O) groups excluding carboxylic acids is 1. The van der Waals surface area contributed by atoms with E-state index in [2.05, 4.69) is 5.32 Å². The maximum absolute atomic E-state index is 10.5. The fourth-order valence-electron chi connectivity index (χ4n) is 1.03. The Kier molecular flexibility index (Phi) is 3.06. The second-order valence-electron chi connectivity index (χ2n) is 2.66. The van der Waals surface area contributed by atoms with Gasteiger partial charge in [-0.2, -0.15) is 0 Å². The first-order chi connectivity index (χ1) is 6.65. The number of amides is 1. The molecule has 0 unspecified atom stereocenters. The topological polar surface area (TPSA) is 86.6 Å². The first-order valence-electron chi connectivity index (χ1n) is 3.87. The summed E-state index contributed by atoms with van der Waals surface area (Å²) in [5.41, 5.74) is 0.486. The number of carboxylic acid groups (broad SMARTS) is 1. The Bertz CT molecular complexity index is 362. The second-order valence-corrected chi connectivity index (χ2v) is 2.66. The number of hydrogen-bond acceptors (Lipinski definition) is 3. The number of aromatic carboxylic acids is 1. The molecule has 14 heavy (non-hydrogen) atoms. The van der Waals surface area contributed by atoms with Gasteiger partial charge in [-0.3, -0.25) is 4.79 Å². The van der Waals surface area contributed by atoms with Gasteiger partial charge in [0.05, 0.1) is 0 Å². The van der Waals surface area contributed by atoms with Crippen molar-refractivity contribution in [3.63, 3.8) is 0 Å². The van der Waals surface area contributed by atoms with E-state index in [-0.39, 0.29) is 17.9 Å². The summed E-state index contributed by atoms with van der Waals surface area (Å²) in [5, 5.41) is 20.3. The Labute approximate surface area is 80.0 Å². The van der Waals surface area contributed by atoms with Crippen molar-refractivity contribution >= 4 is 12.4 Å². The molecule has 1 aromatic carbocycles. The number of rotatable bonds is 4. The van der Waals surface area contributed by atoms with Gasteiger partial charge in [0, 0.05) is 6.54 Å². The highest BCUT2D eigenvalue weighted by atomic mass is 16.4. The van der Waals surface area contributed by atoms with E-state index in [1.807, 2.05) is 0 Å². The van der Waals surface area contributed by atoms with Crippen LogP contribution >= 0.6 is 0 Å². The lowest BCUT2D eigenvalue weighted by Gasteiger charge is -2.03. The van der Waals surface area contributed by atoms with Crippen molar-refractivity contribution < 1.29 is 19.8 Å². The standard InChI is InChI=1S/C9H9NO4/c11-5-10-4-6-1-2-7(9(13)14)8(12)3-6/h1-3,5,12H,4H2,(H,10,11)(H,13,14). The summed E-state index contributed by atoms with van der Waals surface area (Å²) in [5.74, 6) is -1.49. The third-order valence-electron chi connectivity index (χ3n) is 1.68. The number of aromatic hydroxyl groups is 1. The predicted octanol–water partition coefficient (Wildman–Crippen LogP) is 0.336. The second kappa shape index (κ2) is 4.27. The molecule has 74 valence electrons. The van der Waals surface area contributed by atoms with Gasteiger partial charge >= 0.3 is 5.97 Å². The van der Waals surface area contributed by atoms with Crippen LogP contribution in [-0.4, -0.2) is 22.6 Å². The van der Waals surface area contributed by atoms with Crippen LogP contribution < -0.4 is 5.32 Å². The molecule has 1 rings (SSSR count). The molecule has 5 heteroatoms. The number of hydrogen-bond donors (Lipinski definition) is 3. The Balaban J connectivity index is 2.88. The summed E-state index contributed by atoms with van der Waals surface area (Å²) in [6, 6.07) is 4.12. The highest BCUT2D eigenvalue weighted by molar-refractivity contribution is 5.90. The summed E-state index contributed by atoms with van der Waals surface area (Å²) in [7, 11) is 0. The van der Waals surface area contributed by atoms with Crippen molar-refractivity contribution in [2.24, 2.45) is 0 Å². The molecule has 0 heterocycles. The number of nitrogens with one attached hydrogen (secondary N) is 1. The van der Waals surface area contributed by atoms with Crippen LogP contribution in [0.4, 0.5) is 0 Å². The fourth-order valence-corrected chi connectivity index (χ4v) is 1.03. The average molecular weight is 195 g/mol. The first kappa shape index (κ1) is 10.0. The molecule has 0 fully saturated rings. The van der Waals surface area contributed by atoms with E-state index in [9.17, 15) is 14.7 Å². The van der Waals surface area contributed by atoms with Crippen LogP contribution in [0.3, 0.4) is 0 Å². The third kappa shape index (κ3) is 2.22. The molecule has 0 radical (unpaired) electrons. The summed E-state index contributed by atoms with van der Waals surface area (Å²) in [6.45, 7) is 0.261. The largest absolute Gasteiger partial charge is 0.507 e. The number of benzene rings is 1. The zero-order valence-corrected chi connectivity index (χ0v) is 7.23. The number of carboxylic acids is 1. The van der Waals surface area contributed by atoms with E-state index in [0.29, 0.717) is 12.0 Å². The summed E-state index contributed by atoms with van der Waals surface area (Å²) >= 11 is 0. The number of carbonyl (C=O) groups is 2. The van der Waals surface area contributed by atoms with E-state index in [1.165, 1.54) is 18.2 Å². The highest BCUT2D eigenvalue weighted by Gasteiger charge is 2.08. The van der Waals surface area contributed by atoms with Crippen LogP contribution in [0.15, 0.2) is 18.2 Å². The SMILES string of the molecule is O=CNCc1ccc(C(=O)O)c(O)c1. The van der Waals surface area contributed by atoms with Crippen molar-refractivity contribution in [2.75, 3.05) is 0 Å². The molecular formula is C9H9NO4. The molecule has 5 nitrogen and oxygen atoms in total. The Hall–Kier alpha value is -2.04. The molecule has 0 aliphatic rings. The Morgan fingerprint density at radius 3 is 2.71 bits per heavy atom. The zero-order valence-electron chi connectivity index (χ0n) is 7.23. The fraction of sp³-hybridized carbons (Fsp3) is 0.111. The summed E-state index contributed by atoms with van der Waals surface area (Å²) in [4.78, 5) is 20.5. The predicted molar refractivity (Wildman–Crippen MR) is 48.0 cm³/mol. The van der Waals surface area contributed by atoms with Gasteiger partial charge in [0.15, 0.2) is 0 Å². The molecule has 1 amide bonds. The van der Waals surface area contributed by atoms with Gasteiger partial charge in [-0.25, -0.2) is 4.79 Å². The third-order valence-corrected chi connectivity index (χ3v) is 1.68.